The topological polar surface area (TPSA) is 64.0 Å². The van der Waals surface area contributed by atoms with Crippen molar-refractivity contribution in [2.75, 3.05) is 0 Å². The van der Waals surface area contributed by atoms with Gasteiger partial charge in [-0.15, -0.1) is 0 Å². The Bertz CT molecular complexity index is 679. The summed E-state index contributed by atoms with van der Waals surface area (Å²) in [6.07, 6.45) is 6.24. The molecule has 5 rings (SSSR count). The molecular formula is C16H25N3O2S. The van der Waals surface area contributed by atoms with Crippen molar-refractivity contribution in [2.24, 2.45) is 30.7 Å². The molecule has 0 atom stereocenters. The Labute approximate surface area is 132 Å². The van der Waals surface area contributed by atoms with Crippen molar-refractivity contribution in [3.05, 3.63) is 11.4 Å². The van der Waals surface area contributed by atoms with Crippen LogP contribution in [0.25, 0.3) is 0 Å². The second-order valence-electron chi connectivity index (χ2n) is 7.70. The minimum Gasteiger partial charge on any atom is -0.271 e. The smallest absolute Gasteiger partial charge is 0.244 e. The van der Waals surface area contributed by atoms with Gasteiger partial charge in [0.15, 0.2) is 0 Å². The molecule has 4 fully saturated rings. The molecule has 5 nitrogen and oxygen atoms in total. The molecule has 0 unspecified atom stereocenters. The minimum absolute atomic E-state index is 0.136. The molecule has 0 aromatic carbocycles. The van der Waals surface area contributed by atoms with Gasteiger partial charge in [-0.2, -0.15) is 5.10 Å². The van der Waals surface area contributed by atoms with Crippen LogP contribution < -0.4 is 4.72 Å². The van der Waals surface area contributed by atoms with Crippen LogP contribution in [-0.2, 0) is 17.1 Å². The molecule has 122 valence electrons. The Morgan fingerprint density at radius 3 is 2.05 bits per heavy atom. The van der Waals surface area contributed by atoms with Crippen LogP contribution in [0.5, 0.6) is 0 Å². The van der Waals surface area contributed by atoms with Crippen LogP contribution in [0.15, 0.2) is 4.90 Å². The zero-order valence-corrected chi connectivity index (χ0v) is 14.4. The highest BCUT2D eigenvalue weighted by molar-refractivity contribution is 7.89. The van der Waals surface area contributed by atoms with E-state index in [0.717, 1.165) is 11.8 Å². The quantitative estimate of drug-likeness (QED) is 0.927. The van der Waals surface area contributed by atoms with Crippen molar-refractivity contribution in [2.45, 2.75) is 56.9 Å². The highest BCUT2D eigenvalue weighted by atomic mass is 32.2. The fourth-order valence-electron chi connectivity index (χ4n) is 5.50. The molecule has 0 amide bonds. The fraction of sp³-hybridized carbons (Fsp3) is 0.812. The lowest BCUT2D eigenvalue weighted by molar-refractivity contribution is -0.00558. The number of aryl methyl sites for hydroxylation is 2. The zero-order chi connectivity index (χ0) is 15.6. The van der Waals surface area contributed by atoms with Gasteiger partial charge < -0.3 is 0 Å². The zero-order valence-electron chi connectivity index (χ0n) is 13.5. The monoisotopic (exact) mass is 323 g/mol. The standard InChI is InChI=1S/C16H25N3O2S/c1-9-16(10(2)19(3)17-9)22(20,21)18-15-13-5-11-4-12(7-13)8-14(15)6-11/h11-15,18H,4-8H2,1-3H3. The number of hydrogen-bond acceptors (Lipinski definition) is 3. The van der Waals surface area contributed by atoms with Crippen LogP contribution in [0.1, 0.15) is 43.5 Å². The summed E-state index contributed by atoms with van der Waals surface area (Å²) in [5.41, 5.74) is 1.31. The third-order valence-electron chi connectivity index (χ3n) is 6.23. The van der Waals surface area contributed by atoms with Gasteiger partial charge >= 0.3 is 0 Å². The van der Waals surface area contributed by atoms with Crippen molar-refractivity contribution < 1.29 is 8.42 Å². The van der Waals surface area contributed by atoms with Crippen LogP contribution in [0, 0.1) is 37.5 Å². The van der Waals surface area contributed by atoms with Gasteiger partial charge in [0.2, 0.25) is 10.0 Å². The number of nitrogens with one attached hydrogen (secondary N) is 1. The first-order chi connectivity index (χ1) is 10.3. The first kappa shape index (κ1) is 14.7. The lowest BCUT2D eigenvalue weighted by Crippen LogP contribution is -2.55. The maximum atomic E-state index is 12.9. The highest BCUT2D eigenvalue weighted by Crippen LogP contribution is 2.53. The maximum absolute atomic E-state index is 12.9. The second kappa shape index (κ2) is 4.81. The van der Waals surface area contributed by atoms with E-state index in [-0.39, 0.29) is 6.04 Å². The summed E-state index contributed by atoms with van der Waals surface area (Å²) >= 11 is 0. The van der Waals surface area contributed by atoms with E-state index in [1.807, 2.05) is 6.92 Å². The molecule has 0 saturated heterocycles. The van der Waals surface area contributed by atoms with Crippen molar-refractivity contribution in [1.82, 2.24) is 14.5 Å². The molecule has 4 saturated carbocycles. The normalized spacial score (nSPS) is 37.0. The van der Waals surface area contributed by atoms with Crippen molar-refractivity contribution >= 4 is 10.0 Å². The summed E-state index contributed by atoms with van der Waals surface area (Å²) in [5, 5.41) is 4.26. The van der Waals surface area contributed by atoms with Gasteiger partial charge in [0.1, 0.15) is 4.90 Å². The summed E-state index contributed by atoms with van der Waals surface area (Å²) in [4.78, 5) is 0.379. The molecule has 0 aliphatic heterocycles. The molecule has 1 aromatic rings. The highest BCUT2D eigenvalue weighted by Gasteiger charge is 2.49. The van der Waals surface area contributed by atoms with E-state index in [2.05, 4.69) is 9.82 Å². The Kier molecular flexibility index (Phi) is 3.21. The van der Waals surface area contributed by atoms with Gasteiger partial charge in [-0.1, -0.05) is 0 Å². The van der Waals surface area contributed by atoms with Crippen LogP contribution in [-0.4, -0.2) is 24.2 Å². The summed E-state index contributed by atoms with van der Waals surface area (Å²) in [6.45, 7) is 3.60. The Balaban J connectivity index is 1.63. The van der Waals surface area contributed by atoms with Crippen LogP contribution in [0.3, 0.4) is 0 Å². The summed E-state index contributed by atoms with van der Waals surface area (Å²) in [5.74, 6) is 2.79. The van der Waals surface area contributed by atoms with E-state index < -0.39 is 10.0 Å². The molecule has 4 bridgehead atoms. The van der Waals surface area contributed by atoms with E-state index >= 15 is 0 Å². The first-order valence-corrected chi connectivity index (χ1v) is 9.86. The SMILES string of the molecule is Cc1nn(C)c(C)c1S(=O)(=O)NC1C2CC3CC(C2)CC1C3. The summed E-state index contributed by atoms with van der Waals surface area (Å²) < 4.78 is 30.6. The molecule has 22 heavy (non-hydrogen) atoms. The molecule has 1 aromatic heterocycles. The second-order valence-corrected chi connectivity index (χ2v) is 9.35. The van der Waals surface area contributed by atoms with Gasteiger partial charge in [-0.25, -0.2) is 13.1 Å². The summed E-state index contributed by atoms with van der Waals surface area (Å²) in [7, 11) is -1.68. The van der Waals surface area contributed by atoms with Crippen molar-refractivity contribution in [3.8, 4) is 0 Å². The summed E-state index contributed by atoms with van der Waals surface area (Å²) in [6, 6.07) is 0.136. The van der Waals surface area contributed by atoms with Gasteiger partial charge in [-0.05, 0) is 69.6 Å². The predicted octanol–water partition coefficient (Wildman–Crippen LogP) is 2.14. The van der Waals surface area contributed by atoms with Crippen LogP contribution in [0.4, 0.5) is 0 Å². The molecule has 4 aliphatic carbocycles. The maximum Gasteiger partial charge on any atom is 0.244 e. The lowest BCUT2D eigenvalue weighted by atomic mass is 9.54. The number of aromatic nitrogens is 2. The molecule has 0 spiro atoms. The Morgan fingerprint density at radius 1 is 1.05 bits per heavy atom. The number of hydrogen-bond donors (Lipinski definition) is 1. The van der Waals surface area contributed by atoms with Gasteiger partial charge in [0.05, 0.1) is 11.4 Å². The molecule has 1 N–H and O–H groups in total. The van der Waals surface area contributed by atoms with E-state index in [0.29, 0.717) is 28.1 Å². The average Bonchev–Trinajstić information content (AvgIpc) is 2.67. The van der Waals surface area contributed by atoms with Gasteiger partial charge in [0, 0.05) is 13.1 Å². The predicted molar refractivity (Wildman–Crippen MR) is 83.8 cm³/mol. The Morgan fingerprint density at radius 2 is 1.59 bits per heavy atom. The fourth-order valence-corrected chi connectivity index (χ4v) is 7.31. The van der Waals surface area contributed by atoms with Crippen LogP contribution in [0.2, 0.25) is 0 Å². The number of rotatable bonds is 3. The molecule has 0 radical (unpaired) electrons. The number of sulfonamides is 1. The minimum atomic E-state index is -3.48. The molecule has 6 heteroatoms. The molecular weight excluding hydrogens is 298 g/mol. The van der Waals surface area contributed by atoms with Crippen LogP contribution >= 0.6 is 0 Å². The third-order valence-corrected chi connectivity index (χ3v) is 7.94. The van der Waals surface area contributed by atoms with Gasteiger partial charge in [0.25, 0.3) is 0 Å². The van der Waals surface area contributed by atoms with Crippen molar-refractivity contribution in [1.29, 1.82) is 0 Å². The molecule has 4 aliphatic rings. The average molecular weight is 323 g/mol. The van der Waals surface area contributed by atoms with E-state index in [9.17, 15) is 8.42 Å². The van der Waals surface area contributed by atoms with E-state index in [4.69, 9.17) is 0 Å². The first-order valence-electron chi connectivity index (χ1n) is 8.37. The number of nitrogens with zero attached hydrogens (tertiary/aromatic N) is 2. The van der Waals surface area contributed by atoms with Gasteiger partial charge in [-0.3, -0.25) is 4.68 Å². The van der Waals surface area contributed by atoms with E-state index in [1.54, 1.807) is 18.7 Å². The van der Waals surface area contributed by atoms with E-state index in [1.165, 1.54) is 32.1 Å². The molecule has 1 heterocycles. The Hall–Kier alpha value is -0.880. The largest absolute Gasteiger partial charge is 0.271 e. The lowest BCUT2D eigenvalue weighted by Gasteiger charge is -2.54. The third kappa shape index (κ3) is 2.14. The van der Waals surface area contributed by atoms with Crippen molar-refractivity contribution in [3.63, 3.8) is 0 Å².